The Morgan fingerprint density at radius 2 is 2.00 bits per heavy atom. The van der Waals surface area contributed by atoms with Gasteiger partial charge in [0.25, 0.3) is 5.56 Å². The lowest BCUT2D eigenvalue weighted by molar-refractivity contribution is -0.141. The molecule has 1 aliphatic rings. The minimum Gasteiger partial charge on any atom is -0.480 e. The van der Waals surface area contributed by atoms with E-state index in [4.69, 9.17) is 26.8 Å². The fraction of sp³-hybridized carbons (Fsp3) is 0.435. The summed E-state index contributed by atoms with van der Waals surface area (Å²) >= 11 is 6.24. The fourth-order valence-corrected chi connectivity index (χ4v) is 3.84. The summed E-state index contributed by atoms with van der Waals surface area (Å²) in [4.78, 5) is 37.7. The number of pyridine rings is 1. The van der Waals surface area contributed by atoms with E-state index in [2.05, 4.69) is 0 Å². The van der Waals surface area contributed by atoms with Gasteiger partial charge in [0.1, 0.15) is 6.04 Å². The van der Waals surface area contributed by atoms with E-state index in [0.717, 1.165) is 23.0 Å². The largest absolute Gasteiger partial charge is 0.480 e. The summed E-state index contributed by atoms with van der Waals surface area (Å²) < 4.78 is 11.2. The van der Waals surface area contributed by atoms with E-state index < -0.39 is 23.5 Å². The smallest absolute Gasteiger partial charge is 0.340 e. The van der Waals surface area contributed by atoms with Gasteiger partial charge in [-0.15, -0.1) is 0 Å². The number of rotatable bonds is 10. The van der Waals surface area contributed by atoms with Crippen LogP contribution in [0.25, 0.3) is 11.1 Å². The lowest BCUT2D eigenvalue weighted by Crippen LogP contribution is -2.31. The number of aliphatic carboxylic acids is 1. The molecular formula is C23H27ClN2O6. The third-order valence-electron chi connectivity index (χ3n) is 5.59. The predicted octanol–water partition coefficient (Wildman–Crippen LogP) is 3.04. The Labute approximate surface area is 190 Å². The zero-order chi connectivity index (χ0) is 23.5. The van der Waals surface area contributed by atoms with E-state index in [1.165, 1.54) is 19.4 Å². The maximum absolute atomic E-state index is 13.0. The van der Waals surface area contributed by atoms with Gasteiger partial charge in [-0.2, -0.15) is 0 Å². The number of halogens is 1. The number of carbonyl (C=O) groups is 2. The second-order valence-corrected chi connectivity index (χ2v) is 8.48. The molecule has 32 heavy (non-hydrogen) atoms. The average Bonchev–Trinajstić information content (AvgIpc) is 3.47. The molecule has 0 saturated heterocycles. The van der Waals surface area contributed by atoms with Gasteiger partial charge < -0.3 is 24.9 Å². The number of ether oxygens (including phenoxy) is 2. The van der Waals surface area contributed by atoms with Crippen molar-refractivity contribution in [2.45, 2.75) is 44.2 Å². The van der Waals surface area contributed by atoms with Crippen LogP contribution in [0.4, 0.5) is 0 Å². The van der Waals surface area contributed by atoms with Crippen LogP contribution in [0.3, 0.4) is 0 Å². The molecule has 1 aromatic carbocycles. The number of hydrogen-bond donors (Lipinski definition) is 2. The average molecular weight is 463 g/mol. The molecule has 0 aliphatic heterocycles. The number of nitrogens with two attached hydrogens (primary N) is 1. The Bertz CT molecular complexity index is 1080. The lowest BCUT2D eigenvalue weighted by atomic mass is 9.92. The highest BCUT2D eigenvalue weighted by molar-refractivity contribution is 6.31. The maximum Gasteiger partial charge on any atom is 0.340 e. The van der Waals surface area contributed by atoms with Crippen LogP contribution in [0.15, 0.2) is 35.3 Å². The summed E-state index contributed by atoms with van der Waals surface area (Å²) in [6, 6.07) is 5.33. The van der Waals surface area contributed by atoms with E-state index in [9.17, 15) is 19.5 Å². The van der Waals surface area contributed by atoms with Crippen molar-refractivity contribution in [3.8, 4) is 11.1 Å². The minimum absolute atomic E-state index is 0.0610. The first-order valence-electron chi connectivity index (χ1n) is 10.4. The van der Waals surface area contributed by atoms with Crippen LogP contribution in [0.5, 0.6) is 0 Å². The molecular weight excluding hydrogens is 436 g/mol. The molecule has 0 spiro atoms. The summed E-state index contributed by atoms with van der Waals surface area (Å²) in [5, 5.41) is 10.1. The Morgan fingerprint density at radius 1 is 1.28 bits per heavy atom. The highest BCUT2D eigenvalue weighted by Crippen LogP contribution is 2.39. The van der Waals surface area contributed by atoms with Crippen molar-refractivity contribution in [3.63, 3.8) is 0 Å². The number of carboxylic acid groups (broad SMARTS) is 1. The SMILES string of the molecule is CCOC(=O)c1cn(C(CCOC)C(=O)O)c(=O)cc1-c1cc(Cl)ccc1CC1(N)CC1. The minimum atomic E-state index is -1.20. The first kappa shape index (κ1) is 24.0. The van der Waals surface area contributed by atoms with Crippen LogP contribution in [-0.2, 0) is 20.7 Å². The maximum atomic E-state index is 13.0. The van der Waals surface area contributed by atoms with Gasteiger partial charge in [0, 0.05) is 48.5 Å². The van der Waals surface area contributed by atoms with Gasteiger partial charge in [-0.25, -0.2) is 9.59 Å². The number of hydrogen-bond acceptors (Lipinski definition) is 6. The first-order valence-corrected chi connectivity index (χ1v) is 10.8. The van der Waals surface area contributed by atoms with Gasteiger partial charge in [0.15, 0.2) is 0 Å². The molecule has 0 amide bonds. The van der Waals surface area contributed by atoms with Gasteiger partial charge in [-0.3, -0.25) is 4.79 Å². The van der Waals surface area contributed by atoms with E-state index >= 15 is 0 Å². The number of carbonyl (C=O) groups excluding carboxylic acids is 1. The molecule has 1 atom stereocenters. The topological polar surface area (TPSA) is 121 Å². The molecule has 1 aliphatic carbocycles. The van der Waals surface area contributed by atoms with Crippen LogP contribution in [0.2, 0.25) is 5.02 Å². The number of carboxylic acids is 1. The normalized spacial score (nSPS) is 15.2. The van der Waals surface area contributed by atoms with Crippen LogP contribution in [0.1, 0.15) is 48.1 Å². The molecule has 9 heteroatoms. The molecule has 3 rings (SSSR count). The second-order valence-electron chi connectivity index (χ2n) is 8.04. The van der Waals surface area contributed by atoms with Crippen LogP contribution in [0, 0.1) is 0 Å². The Balaban J connectivity index is 2.19. The van der Waals surface area contributed by atoms with Crippen molar-refractivity contribution < 1.29 is 24.2 Å². The summed E-state index contributed by atoms with van der Waals surface area (Å²) in [5.74, 6) is -1.86. The van der Waals surface area contributed by atoms with Gasteiger partial charge in [0.05, 0.1) is 12.2 Å². The Hall–Kier alpha value is -2.68. The molecule has 1 saturated carbocycles. The monoisotopic (exact) mass is 462 g/mol. The third-order valence-corrected chi connectivity index (χ3v) is 5.82. The highest BCUT2D eigenvalue weighted by atomic mass is 35.5. The van der Waals surface area contributed by atoms with E-state index in [1.54, 1.807) is 19.1 Å². The number of methoxy groups -OCH3 is 1. The highest BCUT2D eigenvalue weighted by Gasteiger charge is 2.38. The van der Waals surface area contributed by atoms with Crippen molar-refractivity contribution in [1.29, 1.82) is 0 Å². The summed E-state index contributed by atoms with van der Waals surface area (Å²) in [6.07, 6.45) is 3.66. The molecule has 1 aromatic heterocycles. The second kappa shape index (κ2) is 9.85. The number of nitrogens with zero attached hydrogens (tertiary/aromatic N) is 1. The van der Waals surface area contributed by atoms with E-state index in [1.807, 2.05) is 6.07 Å². The third kappa shape index (κ3) is 5.38. The van der Waals surface area contributed by atoms with Gasteiger partial charge in [0.2, 0.25) is 0 Å². The van der Waals surface area contributed by atoms with Crippen molar-refractivity contribution >= 4 is 23.5 Å². The first-order chi connectivity index (χ1) is 15.2. The lowest BCUT2D eigenvalue weighted by Gasteiger charge is -2.20. The van der Waals surface area contributed by atoms with Gasteiger partial charge in [-0.05, 0) is 49.4 Å². The van der Waals surface area contributed by atoms with Crippen molar-refractivity contribution in [1.82, 2.24) is 4.57 Å². The number of esters is 1. The number of benzene rings is 1. The van der Waals surface area contributed by atoms with Crippen molar-refractivity contribution in [3.05, 3.63) is 57.0 Å². The van der Waals surface area contributed by atoms with Crippen LogP contribution < -0.4 is 11.3 Å². The quantitative estimate of drug-likeness (QED) is 0.520. The van der Waals surface area contributed by atoms with E-state index in [0.29, 0.717) is 22.6 Å². The summed E-state index contributed by atoms with van der Waals surface area (Å²) in [7, 11) is 1.44. The molecule has 1 fully saturated rings. The van der Waals surface area contributed by atoms with Gasteiger partial charge >= 0.3 is 11.9 Å². The zero-order valence-electron chi connectivity index (χ0n) is 18.1. The van der Waals surface area contributed by atoms with Crippen molar-refractivity contribution in [2.75, 3.05) is 20.3 Å². The Morgan fingerprint density at radius 3 is 2.59 bits per heavy atom. The zero-order valence-corrected chi connectivity index (χ0v) is 18.9. The van der Waals surface area contributed by atoms with Gasteiger partial charge in [-0.1, -0.05) is 17.7 Å². The fourth-order valence-electron chi connectivity index (χ4n) is 3.67. The van der Waals surface area contributed by atoms with Crippen LogP contribution in [-0.4, -0.2) is 47.5 Å². The summed E-state index contributed by atoms with van der Waals surface area (Å²) in [6.45, 7) is 1.93. The predicted molar refractivity (Wildman–Crippen MR) is 120 cm³/mol. The molecule has 3 N–H and O–H groups in total. The molecule has 0 bridgehead atoms. The van der Waals surface area contributed by atoms with Crippen LogP contribution >= 0.6 is 11.6 Å². The molecule has 1 heterocycles. The van der Waals surface area contributed by atoms with E-state index in [-0.39, 0.29) is 30.7 Å². The molecule has 1 unspecified atom stereocenters. The Kier molecular flexibility index (Phi) is 7.38. The standard InChI is InChI=1S/C23H27ClN2O6/c1-3-32-22(30)18-13-26(19(21(28)29)6-9-31-2)20(27)11-17(18)16-10-15(24)5-4-14(16)12-23(25)7-8-23/h4-5,10-11,13,19H,3,6-9,12,25H2,1-2H3,(H,28,29). The number of aromatic nitrogens is 1. The summed E-state index contributed by atoms with van der Waals surface area (Å²) in [5.41, 5.74) is 7.32. The van der Waals surface area contributed by atoms with Crippen molar-refractivity contribution in [2.24, 2.45) is 5.73 Å². The molecule has 8 nitrogen and oxygen atoms in total. The molecule has 172 valence electrons. The molecule has 0 radical (unpaired) electrons. The molecule has 2 aromatic rings.